The van der Waals surface area contributed by atoms with Gasteiger partial charge in [-0.3, -0.25) is 9.69 Å². The van der Waals surface area contributed by atoms with Gasteiger partial charge in [-0.25, -0.2) is 0 Å². The Balaban J connectivity index is 1.97. The molecule has 2 atom stereocenters. The van der Waals surface area contributed by atoms with Crippen LogP contribution in [0.15, 0.2) is 30.3 Å². The van der Waals surface area contributed by atoms with Crippen LogP contribution >= 0.6 is 0 Å². The second-order valence-corrected chi connectivity index (χ2v) is 5.82. The highest BCUT2D eigenvalue weighted by Gasteiger charge is 2.28. The first-order chi connectivity index (χ1) is 10.2. The molecule has 0 aliphatic carbocycles. The summed E-state index contributed by atoms with van der Waals surface area (Å²) in [6.07, 6.45) is 0.849. The SMILES string of the molecule is CCC(C(=O)N1CCN(C(C)CN)CC1)c1ccccc1. The van der Waals surface area contributed by atoms with Crippen molar-refractivity contribution in [2.75, 3.05) is 32.7 Å². The molecule has 0 saturated carbocycles. The molecule has 0 spiro atoms. The summed E-state index contributed by atoms with van der Waals surface area (Å²) in [6.45, 7) is 8.39. The second-order valence-electron chi connectivity index (χ2n) is 5.82. The molecular weight excluding hydrogens is 262 g/mol. The predicted octanol–water partition coefficient (Wildman–Crippen LogP) is 1.67. The molecule has 1 fully saturated rings. The minimum Gasteiger partial charge on any atom is -0.340 e. The second kappa shape index (κ2) is 7.57. The molecule has 1 saturated heterocycles. The standard InChI is InChI=1S/C17H27N3O/c1-3-16(15-7-5-4-6-8-15)17(21)20-11-9-19(10-12-20)14(2)13-18/h4-8,14,16H,3,9-13,18H2,1-2H3. The van der Waals surface area contributed by atoms with Crippen LogP contribution < -0.4 is 5.73 Å². The van der Waals surface area contributed by atoms with Gasteiger partial charge in [-0.1, -0.05) is 37.3 Å². The van der Waals surface area contributed by atoms with Gasteiger partial charge in [-0.2, -0.15) is 0 Å². The van der Waals surface area contributed by atoms with Crippen LogP contribution in [0.3, 0.4) is 0 Å². The maximum absolute atomic E-state index is 12.8. The van der Waals surface area contributed by atoms with Crippen molar-refractivity contribution in [2.45, 2.75) is 32.2 Å². The summed E-state index contributed by atoms with van der Waals surface area (Å²) in [4.78, 5) is 17.1. The summed E-state index contributed by atoms with van der Waals surface area (Å²) >= 11 is 0. The average Bonchev–Trinajstić information content (AvgIpc) is 2.56. The summed E-state index contributed by atoms with van der Waals surface area (Å²) in [5.41, 5.74) is 6.85. The number of carbonyl (C=O) groups is 1. The normalized spacial score (nSPS) is 19.3. The lowest BCUT2D eigenvalue weighted by Crippen LogP contribution is -2.53. The molecule has 1 aromatic rings. The number of carbonyl (C=O) groups excluding carboxylic acids is 1. The number of rotatable bonds is 5. The van der Waals surface area contributed by atoms with Crippen molar-refractivity contribution in [2.24, 2.45) is 5.73 Å². The van der Waals surface area contributed by atoms with E-state index in [0.29, 0.717) is 12.6 Å². The summed E-state index contributed by atoms with van der Waals surface area (Å²) in [6, 6.07) is 10.5. The molecule has 4 nitrogen and oxygen atoms in total. The number of hydrogen-bond donors (Lipinski definition) is 1. The molecule has 2 unspecified atom stereocenters. The number of piperazine rings is 1. The summed E-state index contributed by atoms with van der Waals surface area (Å²) in [5.74, 6) is 0.258. The lowest BCUT2D eigenvalue weighted by molar-refractivity contribution is -0.135. The Morgan fingerprint density at radius 3 is 2.33 bits per heavy atom. The highest BCUT2D eigenvalue weighted by atomic mass is 16.2. The fourth-order valence-corrected chi connectivity index (χ4v) is 2.99. The molecule has 1 amide bonds. The van der Waals surface area contributed by atoms with Crippen molar-refractivity contribution in [1.82, 2.24) is 9.80 Å². The highest BCUT2D eigenvalue weighted by molar-refractivity contribution is 5.83. The zero-order chi connectivity index (χ0) is 15.2. The number of nitrogens with two attached hydrogens (primary N) is 1. The van der Waals surface area contributed by atoms with Crippen molar-refractivity contribution in [3.8, 4) is 0 Å². The first-order valence-corrected chi connectivity index (χ1v) is 7.95. The van der Waals surface area contributed by atoms with E-state index in [-0.39, 0.29) is 11.8 Å². The molecule has 1 heterocycles. The fraction of sp³-hybridized carbons (Fsp3) is 0.588. The molecule has 4 heteroatoms. The van der Waals surface area contributed by atoms with Crippen LogP contribution in [0.4, 0.5) is 0 Å². The molecule has 1 aliphatic rings. The minimum absolute atomic E-state index is 0.00955. The molecule has 21 heavy (non-hydrogen) atoms. The molecule has 0 radical (unpaired) electrons. The zero-order valence-electron chi connectivity index (χ0n) is 13.2. The van der Waals surface area contributed by atoms with Gasteiger partial charge in [0.05, 0.1) is 5.92 Å². The van der Waals surface area contributed by atoms with Gasteiger partial charge < -0.3 is 10.6 Å². The maximum atomic E-state index is 12.8. The van der Waals surface area contributed by atoms with E-state index < -0.39 is 0 Å². The Labute approximate surface area is 127 Å². The number of benzene rings is 1. The van der Waals surface area contributed by atoms with Gasteiger partial charge in [0.2, 0.25) is 5.91 Å². The Kier molecular flexibility index (Phi) is 5.76. The molecule has 1 aromatic carbocycles. The van der Waals surface area contributed by atoms with E-state index in [1.165, 1.54) is 0 Å². The van der Waals surface area contributed by atoms with Crippen LogP contribution in [0.2, 0.25) is 0 Å². The van der Waals surface area contributed by atoms with E-state index >= 15 is 0 Å². The third kappa shape index (κ3) is 3.83. The minimum atomic E-state index is -0.00955. The largest absolute Gasteiger partial charge is 0.340 e. The van der Waals surface area contributed by atoms with Gasteiger partial charge in [0.15, 0.2) is 0 Å². The quantitative estimate of drug-likeness (QED) is 0.897. The van der Waals surface area contributed by atoms with Crippen molar-refractivity contribution >= 4 is 5.91 Å². The lowest BCUT2D eigenvalue weighted by Gasteiger charge is -2.39. The van der Waals surface area contributed by atoms with Crippen molar-refractivity contribution < 1.29 is 4.79 Å². The van der Waals surface area contributed by atoms with Gasteiger partial charge in [0, 0.05) is 38.8 Å². The topological polar surface area (TPSA) is 49.6 Å². The van der Waals surface area contributed by atoms with E-state index in [9.17, 15) is 4.79 Å². The van der Waals surface area contributed by atoms with Crippen LogP contribution in [0.5, 0.6) is 0 Å². The van der Waals surface area contributed by atoms with Crippen LogP contribution in [0.1, 0.15) is 31.7 Å². The molecule has 2 rings (SSSR count). The average molecular weight is 289 g/mol. The van der Waals surface area contributed by atoms with E-state index in [0.717, 1.165) is 38.2 Å². The van der Waals surface area contributed by atoms with Gasteiger partial charge in [-0.05, 0) is 18.9 Å². The molecule has 116 valence electrons. The van der Waals surface area contributed by atoms with Crippen LogP contribution in [0, 0.1) is 0 Å². The summed E-state index contributed by atoms with van der Waals surface area (Å²) < 4.78 is 0. The monoisotopic (exact) mass is 289 g/mol. The fourth-order valence-electron chi connectivity index (χ4n) is 2.99. The summed E-state index contributed by atoms with van der Waals surface area (Å²) in [5, 5.41) is 0. The zero-order valence-corrected chi connectivity index (χ0v) is 13.2. The third-order valence-electron chi connectivity index (χ3n) is 4.50. The van der Waals surface area contributed by atoms with E-state index in [4.69, 9.17) is 5.73 Å². The van der Waals surface area contributed by atoms with E-state index in [1.807, 2.05) is 23.1 Å². The van der Waals surface area contributed by atoms with Crippen LogP contribution in [-0.4, -0.2) is 54.5 Å². The third-order valence-corrected chi connectivity index (χ3v) is 4.50. The Morgan fingerprint density at radius 2 is 1.81 bits per heavy atom. The number of amides is 1. The van der Waals surface area contributed by atoms with Crippen molar-refractivity contribution in [1.29, 1.82) is 0 Å². The van der Waals surface area contributed by atoms with Crippen molar-refractivity contribution in [3.63, 3.8) is 0 Å². The van der Waals surface area contributed by atoms with Gasteiger partial charge in [0.1, 0.15) is 0 Å². The van der Waals surface area contributed by atoms with Gasteiger partial charge in [-0.15, -0.1) is 0 Å². The Morgan fingerprint density at radius 1 is 1.19 bits per heavy atom. The predicted molar refractivity (Wildman–Crippen MR) is 86.1 cm³/mol. The highest BCUT2D eigenvalue weighted by Crippen LogP contribution is 2.22. The molecule has 0 aromatic heterocycles. The maximum Gasteiger partial charge on any atom is 0.230 e. The first-order valence-electron chi connectivity index (χ1n) is 7.95. The van der Waals surface area contributed by atoms with Crippen molar-refractivity contribution in [3.05, 3.63) is 35.9 Å². The van der Waals surface area contributed by atoms with E-state index in [2.05, 4.69) is 30.9 Å². The van der Waals surface area contributed by atoms with Crippen LogP contribution in [-0.2, 0) is 4.79 Å². The van der Waals surface area contributed by atoms with Crippen LogP contribution in [0.25, 0.3) is 0 Å². The summed E-state index contributed by atoms with van der Waals surface area (Å²) in [7, 11) is 0. The lowest BCUT2D eigenvalue weighted by atomic mass is 9.94. The van der Waals surface area contributed by atoms with Gasteiger partial charge in [0.25, 0.3) is 0 Å². The molecular formula is C17H27N3O. The van der Waals surface area contributed by atoms with E-state index in [1.54, 1.807) is 0 Å². The molecule has 1 aliphatic heterocycles. The Bertz CT molecular complexity index is 441. The molecule has 0 bridgehead atoms. The smallest absolute Gasteiger partial charge is 0.230 e. The number of hydrogen-bond acceptors (Lipinski definition) is 3. The number of nitrogens with zero attached hydrogens (tertiary/aromatic N) is 2. The van der Waals surface area contributed by atoms with Gasteiger partial charge >= 0.3 is 0 Å². The Hall–Kier alpha value is -1.39. The molecule has 2 N–H and O–H groups in total. The first kappa shape index (κ1) is 16.0.